The van der Waals surface area contributed by atoms with Crippen molar-refractivity contribution in [2.75, 3.05) is 23.9 Å². The highest BCUT2D eigenvalue weighted by molar-refractivity contribution is 8.00. The van der Waals surface area contributed by atoms with E-state index in [9.17, 15) is 9.59 Å². The number of nitrogens with one attached hydrogen (secondary N) is 1. The fraction of sp³-hybridized carbons (Fsp3) is 0.267. The molecule has 0 unspecified atom stereocenters. The van der Waals surface area contributed by atoms with Gasteiger partial charge in [0.2, 0.25) is 5.91 Å². The van der Waals surface area contributed by atoms with Gasteiger partial charge in [-0.25, -0.2) is 19.7 Å². The molecule has 0 spiro atoms. The Hall–Kier alpha value is -1.84. The summed E-state index contributed by atoms with van der Waals surface area (Å²) in [5.41, 5.74) is 0.238. The molecule has 0 aliphatic carbocycles. The molecule has 1 N–H and O–H groups in total. The number of anilines is 1. The number of carbonyl (C=O) groups is 2. The molecule has 1 amide bonds. The molecule has 10 heteroatoms. The van der Waals surface area contributed by atoms with Crippen LogP contribution in [0.4, 0.5) is 5.82 Å². The summed E-state index contributed by atoms with van der Waals surface area (Å²) in [6.45, 7) is 1.96. The van der Waals surface area contributed by atoms with Crippen LogP contribution in [-0.4, -0.2) is 45.4 Å². The van der Waals surface area contributed by atoms with E-state index in [1.807, 2.05) is 6.26 Å². The molecule has 7 nitrogen and oxygen atoms in total. The van der Waals surface area contributed by atoms with E-state index in [4.69, 9.17) is 16.3 Å². The summed E-state index contributed by atoms with van der Waals surface area (Å²) in [6.07, 6.45) is 4.68. The minimum Gasteiger partial charge on any atom is -0.462 e. The van der Waals surface area contributed by atoms with Gasteiger partial charge in [-0.05, 0) is 25.3 Å². The normalized spacial score (nSPS) is 10.4. The average Bonchev–Trinajstić information content (AvgIpc) is 2.62. The fourth-order valence-electron chi connectivity index (χ4n) is 1.67. The van der Waals surface area contributed by atoms with Crippen molar-refractivity contribution in [3.63, 3.8) is 0 Å². The molecule has 0 aliphatic heterocycles. The topological polar surface area (TPSA) is 94.1 Å². The Morgan fingerprint density at radius 1 is 1.28 bits per heavy atom. The van der Waals surface area contributed by atoms with Gasteiger partial charge in [0.1, 0.15) is 16.4 Å². The predicted octanol–water partition coefficient (Wildman–Crippen LogP) is 3.15. The van der Waals surface area contributed by atoms with Crippen LogP contribution in [0.5, 0.6) is 0 Å². The molecule has 2 aromatic rings. The lowest BCUT2D eigenvalue weighted by Crippen LogP contribution is -2.16. The number of esters is 1. The first kappa shape index (κ1) is 19.5. The Morgan fingerprint density at radius 3 is 2.72 bits per heavy atom. The van der Waals surface area contributed by atoms with Crippen LogP contribution in [0.2, 0.25) is 5.02 Å². The molecular formula is C15H15ClN4O3S2. The summed E-state index contributed by atoms with van der Waals surface area (Å²) in [6, 6.07) is 3.23. The lowest BCUT2D eigenvalue weighted by atomic mass is 10.3. The highest BCUT2D eigenvalue weighted by Crippen LogP contribution is 2.23. The largest absolute Gasteiger partial charge is 0.462 e. The number of carbonyl (C=O) groups excluding carboxylic acids is 2. The first-order valence-corrected chi connectivity index (χ1v) is 9.74. The zero-order chi connectivity index (χ0) is 18.2. The van der Waals surface area contributed by atoms with Gasteiger partial charge >= 0.3 is 5.97 Å². The minimum atomic E-state index is -0.516. The zero-order valence-corrected chi connectivity index (χ0v) is 15.9. The zero-order valence-electron chi connectivity index (χ0n) is 13.5. The van der Waals surface area contributed by atoms with Gasteiger partial charge in [-0.15, -0.1) is 0 Å². The van der Waals surface area contributed by atoms with Crippen LogP contribution in [-0.2, 0) is 9.53 Å². The number of aromatic nitrogens is 3. The number of rotatable bonds is 7. The second-order valence-electron chi connectivity index (χ2n) is 4.49. The van der Waals surface area contributed by atoms with Crippen LogP contribution in [0.15, 0.2) is 34.7 Å². The van der Waals surface area contributed by atoms with Crippen molar-refractivity contribution in [2.45, 2.75) is 17.1 Å². The molecule has 0 saturated heterocycles. The van der Waals surface area contributed by atoms with E-state index in [-0.39, 0.29) is 23.8 Å². The first-order chi connectivity index (χ1) is 12.0. The molecular weight excluding hydrogens is 384 g/mol. The third-order valence-electron chi connectivity index (χ3n) is 2.74. The highest BCUT2D eigenvalue weighted by Gasteiger charge is 2.17. The molecule has 0 fully saturated rings. The lowest BCUT2D eigenvalue weighted by molar-refractivity contribution is -0.113. The maximum absolute atomic E-state index is 12.1. The quantitative estimate of drug-likeness (QED) is 0.329. The number of amides is 1. The van der Waals surface area contributed by atoms with E-state index in [1.54, 1.807) is 19.1 Å². The van der Waals surface area contributed by atoms with E-state index < -0.39 is 5.97 Å². The van der Waals surface area contributed by atoms with Crippen molar-refractivity contribution in [2.24, 2.45) is 0 Å². The molecule has 0 saturated carbocycles. The number of thioether (sulfide) groups is 2. The van der Waals surface area contributed by atoms with Crippen molar-refractivity contribution in [1.29, 1.82) is 0 Å². The van der Waals surface area contributed by atoms with Gasteiger partial charge in [-0.1, -0.05) is 35.1 Å². The summed E-state index contributed by atoms with van der Waals surface area (Å²) in [5, 5.41) is 4.04. The van der Waals surface area contributed by atoms with Crippen LogP contribution in [0.1, 0.15) is 17.3 Å². The predicted molar refractivity (Wildman–Crippen MR) is 98.4 cm³/mol. The molecule has 132 valence electrons. The van der Waals surface area contributed by atoms with Crippen LogP contribution in [0.25, 0.3) is 0 Å². The first-order valence-electron chi connectivity index (χ1n) is 7.15. The number of nitrogens with zero attached hydrogens (tertiary/aromatic N) is 3. The molecule has 0 aliphatic rings. The summed E-state index contributed by atoms with van der Waals surface area (Å²) in [5.74, 6) is -0.342. The third kappa shape index (κ3) is 5.87. The van der Waals surface area contributed by atoms with E-state index in [2.05, 4.69) is 20.3 Å². The number of hydrogen-bond donors (Lipinski definition) is 1. The molecule has 0 bridgehead atoms. The van der Waals surface area contributed by atoms with Crippen LogP contribution < -0.4 is 5.32 Å². The molecule has 0 radical (unpaired) electrons. The van der Waals surface area contributed by atoms with Crippen molar-refractivity contribution in [1.82, 2.24) is 15.0 Å². The fourth-order valence-corrected chi connectivity index (χ4v) is 2.96. The Kier molecular flexibility index (Phi) is 7.48. The number of ether oxygens (including phenoxy) is 1. The Balaban J connectivity index is 2.06. The number of pyridine rings is 1. The molecule has 25 heavy (non-hydrogen) atoms. The summed E-state index contributed by atoms with van der Waals surface area (Å²) in [4.78, 5) is 36.4. The van der Waals surface area contributed by atoms with Crippen molar-refractivity contribution < 1.29 is 14.3 Å². The Labute approximate surface area is 158 Å². The molecule has 0 aromatic carbocycles. The molecule has 2 aromatic heterocycles. The molecule has 2 rings (SSSR count). The Bertz CT molecular complexity index is 759. The summed E-state index contributed by atoms with van der Waals surface area (Å²) in [7, 11) is 0. The number of hydrogen-bond acceptors (Lipinski definition) is 8. The van der Waals surface area contributed by atoms with Gasteiger partial charge < -0.3 is 10.1 Å². The third-order valence-corrected chi connectivity index (χ3v) is 4.52. The van der Waals surface area contributed by atoms with Gasteiger partial charge in [-0.3, -0.25) is 4.79 Å². The van der Waals surface area contributed by atoms with E-state index >= 15 is 0 Å². The van der Waals surface area contributed by atoms with Crippen LogP contribution >= 0.6 is 35.1 Å². The Morgan fingerprint density at radius 2 is 2.08 bits per heavy atom. The molecule has 0 atom stereocenters. The molecule has 2 heterocycles. The second kappa shape index (κ2) is 9.59. The SMILES string of the molecule is CCOC(=O)c1cnc(SC)nc1SCC(=O)Nc1ccc(Cl)cn1. The van der Waals surface area contributed by atoms with Crippen molar-refractivity contribution >= 4 is 52.8 Å². The van der Waals surface area contributed by atoms with E-state index in [1.165, 1.54) is 24.2 Å². The van der Waals surface area contributed by atoms with Gasteiger partial charge in [0.25, 0.3) is 0 Å². The van der Waals surface area contributed by atoms with E-state index in [0.717, 1.165) is 11.8 Å². The van der Waals surface area contributed by atoms with Gasteiger partial charge in [-0.2, -0.15) is 0 Å². The monoisotopic (exact) mass is 398 g/mol. The highest BCUT2D eigenvalue weighted by atomic mass is 35.5. The van der Waals surface area contributed by atoms with Gasteiger partial charge in [0, 0.05) is 12.4 Å². The smallest absolute Gasteiger partial charge is 0.342 e. The second-order valence-corrected chi connectivity index (χ2v) is 6.67. The van der Waals surface area contributed by atoms with E-state index in [0.29, 0.717) is 21.0 Å². The van der Waals surface area contributed by atoms with Crippen LogP contribution in [0.3, 0.4) is 0 Å². The van der Waals surface area contributed by atoms with Gasteiger partial charge in [0.05, 0.1) is 17.4 Å². The number of halogens is 1. The van der Waals surface area contributed by atoms with Crippen LogP contribution in [0, 0.1) is 0 Å². The summed E-state index contributed by atoms with van der Waals surface area (Å²) >= 11 is 8.23. The summed E-state index contributed by atoms with van der Waals surface area (Å²) < 4.78 is 4.99. The van der Waals surface area contributed by atoms with Crippen molar-refractivity contribution in [3.8, 4) is 0 Å². The maximum Gasteiger partial charge on any atom is 0.342 e. The average molecular weight is 399 g/mol. The van der Waals surface area contributed by atoms with Crippen molar-refractivity contribution in [3.05, 3.63) is 35.1 Å². The maximum atomic E-state index is 12.1. The standard InChI is InChI=1S/C15H15ClN4O3S2/c1-3-23-14(22)10-7-18-15(24-2)20-13(10)25-8-12(21)19-11-5-4-9(16)6-17-11/h4-7H,3,8H2,1-2H3,(H,17,19,21). The lowest BCUT2D eigenvalue weighted by Gasteiger charge is -2.09. The van der Waals surface area contributed by atoms with Gasteiger partial charge in [0.15, 0.2) is 5.16 Å². The minimum absolute atomic E-state index is 0.0571.